The first-order chi connectivity index (χ1) is 9.61. The SMILES string of the molecule is COC(=O)c1ccnc(N2C3CCC2CC(O)C3)c1N. The van der Waals surface area contributed by atoms with E-state index in [4.69, 9.17) is 10.5 Å². The number of aliphatic hydroxyl groups excluding tert-OH is 1. The number of aliphatic hydroxyl groups is 1. The highest BCUT2D eigenvalue weighted by atomic mass is 16.5. The molecule has 0 saturated carbocycles. The van der Waals surface area contributed by atoms with Gasteiger partial charge in [-0.05, 0) is 31.7 Å². The predicted octanol–water partition coefficient (Wildman–Crippen LogP) is 0.942. The number of esters is 1. The number of fused-ring (bicyclic) bond motifs is 2. The number of hydrogen-bond acceptors (Lipinski definition) is 6. The van der Waals surface area contributed by atoms with Gasteiger partial charge in [-0.3, -0.25) is 0 Å². The second kappa shape index (κ2) is 4.94. The van der Waals surface area contributed by atoms with E-state index >= 15 is 0 Å². The normalized spacial score (nSPS) is 28.5. The van der Waals surface area contributed by atoms with E-state index in [9.17, 15) is 9.90 Å². The van der Waals surface area contributed by atoms with Gasteiger partial charge in [-0.2, -0.15) is 0 Å². The number of carbonyl (C=O) groups excluding carboxylic acids is 1. The number of aromatic nitrogens is 1. The number of nitrogens with two attached hydrogens (primary N) is 1. The second-order valence-electron chi connectivity index (χ2n) is 5.50. The molecule has 2 unspecified atom stereocenters. The van der Waals surface area contributed by atoms with Gasteiger partial charge in [-0.1, -0.05) is 0 Å². The van der Waals surface area contributed by atoms with Crippen LogP contribution in [0.3, 0.4) is 0 Å². The average Bonchev–Trinajstić information content (AvgIpc) is 2.70. The van der Waals surface area contributed by atoms with Crippen molar-refractivity contribution in [2.45, 2.75) is 43.9 Å². The van der Waals surface area contributed by atoms with Gasteiger partial charge in [0.2, 0.25) is 0 Å². The van der Waals surface area contributed by atoms with Crippen LogP contribution in [0.4, 0.5) is 11.5 Å². The van der Waals surface area contributed by atoms with Crippen LogP contribution in [-0.4, -0.2) is 41.4 Å². The first-order valence-corrected chi connectivity index (χ1v) is 6.91. The molecule has 0 aromatic carbocycles. The lowest BCUT2D eigenvalue weighted by atomic mass is 9.99. The number of hydrogen-bond donors (Lipinski definition) is 2. The van der Waals surface area contributed by atoms with Crippen LogP contribution in [0.15, 0.2) is 12.3 Å². The lowest BCUT2D eigenvalue weighted by molar-refractivity contribution is 0.0601. The number of pyridine rings is 1. The molecule has 20 heavy (non-hydrogen) atoms. The van der Waals surface area contributed by atoms with Gasteiger partial charge in [0.25, 0.3) is 0 Å². The first-order valence-electron chi connectivity index (χ1n) is 6.91. The van der Waals surface area contributed by atoms with Crippen molar-refractivity contribution in [3.8, 4) is 0 Å². The highest BCUT2D eigenvalue weighted by Crippen LogP contribution is 2.41. The molecule has 0 radical (unpaired) electrons. The van der Waals surface area contributed by atoms with Gasteiger partial charge in [-0.15, -0.1) is 0 Å². The summed E-state index contributed by atoms with van der Waals surface area (Å²) in [5.74, 6) is 0.197. The maximum atomic E-state index is 11.7. The average molecular weight is 277 g/mol. The quantitative estimate of drug-likeness (QED) is 0.782. The van der Waals surface area contributed by atoms with Gasteiger partial charge >= 0.3 is 5.97 Å². The Morgan fingerprint density at radius 2 is 2.10 bits per heavy atom. The molecule has 2 aliphatic heterocycles. The molecule has 2 atom stereocenters. The molecule has 6 heteroatoms. The van der Waals surface area contributed by atoms with Crippen molar-refractivity contribution >= 4 is 17.5 Å². The van der Waals surface area contributed by atoms with E-state index in [1.807, 2.05) is 0 Å². The van der Waals surface area contributed by atoms with Crippen LogP contribution in [0.5, 0.6) is 0 Å². The Morgan fingerprint density at radius 3 is 2.70 bits per heavy atom. The Bertz CT molecular complexity index is 520. The minimum absolute atomic E-state index is 0.242. The van der Waals surface area contributed by atoms with Crippen molar-refractivity contribution in [3.05, 3.63) is 17.8 Å². The van der Waals surface area contributed by atoms with E-state index in [0.717, 1.165) is 25.7 Å². The van der Waals surface area contributed by atoms with Crippen LogP contribution in [-0.2, 0) is 4.74 Å². The van der Waals surface area contributed by atoms with Gasteiger partial charge < -0.3 is 20.5 Å². The van der Waals surface area contributed by atoms with Crippen molar-refractivity contribution in [2.24, 2.45) is 0 Å². The summed E-state index contributed by atoms with van der Waals surface area (Å²) < 4.78 is 4.74. The number of anilines is 2. The van der Waals surface area contributed by atoms with Crippen molar-refractivity contribution < 1.29 is 14.6 Å². The predicted molar refractivity (Wildman–Crippen MR) is 74.5 cm³/mol. The molecule has 0 aliphatic carbocycles. The summed E-state index contributed by atoms with van der Waals surface area (Å²) in [6.45, 7) is 0. The number of nitrogens with zero attached hydrogens (tertiary/aromatic N) is 2. The molecule has 0 amide bonds. The number of ether oxygens (including phenoxy) is 1. The molecule has 6 nitrogen and oxygen atoms in total. The third kappa shape index (κ3) is 2.00. The van der Waals surface area contributed by atoms with Crippen molar-refractivity contribution in [1.29, 1.82) is 0 Å². The highest BCUT2D eigenvalue weighted by molar-refractivity contribution is 5.97. The molecular formula is C14H19N3O3. The summed E-state index contributed by atoms with van der Waals surface area (Å²) in [4.78, 5) is 18.2. The van der Waals surface area contributed by atoms with Crippen molar-refractivity contribution in [1.82, 2.24) is 4.98 Å². The lowest BCUT2D eigenvalue weighted by Gasteiger charge is -2.38. The molecule has 2 saturated heterocycles. The Labute approximate surface area is 117 Å². The maximum absolute atomic E-state index is 11.7. The standard InChI is InChI=1S/C14H19N3O3/c1-20-14(19)11-4-5-16-13(12(11)15)17-8-2-3-9(17)7-10(18)6-8/h4-5,8-10,18H,2-3,6-7,15H2,1H3. The maximum Gasteiger partial charge on any atom is 0.340 e. The minimum Gasteiger partial charge on any atom is -0.465 e. The molecule has 2 aliphatic rings. The van der Waals surface area contributed by atoms with Crippen LogP contribution in [0.25, 0.3) is 0 Å². The largest absolute Gasteiger partial charge is 0.465 e. The Morgan fingerprint density at radius 1 is 1.45 bits per heavy atom. The summed E-state index contributed by atoms with van der Waals surface area (Å²) in [5, 5.41) is 9.85. The molecule has 3 rings (SSSR count). The molecule has 2 fully saturated rings. The van der Waals surface area contributed by atoms with E-state index in [1.54, 1.807) is 12.3 Å². The zero-order chi connectivity index (χ0) is 14.3. The number of rotatable bonds is 2. The molecule has 3 heterocycles. The van der Waals surface area contributed by atoms with Crippen LogP contribution in [0.1, 0.15) is 36.0 Å². The molecule has 1 aromatic rings. The summed E-state index contributed by atoms with van der Waals surface area (Å²) >= 11 is 0. The van der Waals surface area contributed by atoms with Crippen LogP contribution in [0.2, 0.25) is 0 Å². The van der Waals surface area contributed by atoms with E-state index < -0.39 is 5.97 Å². The molecule has 2 bridgehead atoms. The molecular weight excluding hydrogens is 258 g/mol. The van der Waals surface area contributed by atoms with Crippen LogP contribution >= 0.6 is 0 Å². The van der Waals surface area contributed by atoms with Crippen LogP contribution < -0.4 is 10.6 Å². The summed E-state index contributed by atoms with van der Waals surface area (Å²) in [6, 6.07) is 2.09. The topological polar surface area (TPSA) is 88.7 Å². The molecule has 0 spiro atoms. The third-order valence-corrected chi connectivity index (χ3v) is 4.33. The highest BCUT2D eigenvalue weighted by Gasteiger charge is 2.41. The molecule has 108 valence electrons. The zero-order valence-corrected chi connectivity index (χ0v) is 11.5. The monoisotopic (exact) mass is 277 g/mol. The zero-order valence-electron chi connectivity index (χ0n) is 11.5. The van der Waals surface area contributed by atoms with Gasteiger partial charge in [0.05, 0.1) is 24.5 Å². The van der Waals surface area contributed by atoms with E-state index in [0.29, 0.717) is 17.1 Å². The van der Waals surface area contributed by atoms with E-state index in [2.05, 4.69) is 9.88 Å². The Kier molecular flexibility index (Phi) is 3.25. The van der Waals surface area contributed by atoms with E-state index in [-0.39, 0.29) is 18.2 Å². The third-order valence-electron chi connectivity index (χ3n) is 4.33. The van der Waals surface area contributed by atoms with Gasteiger partial charge in [-0.25, -0.2) is 9.78 Å². The fourth-order valence-electron chi connectivity index (χ4n) is 3.45. The van der Waals surface area contributed by atoms with Crippen molar-refractivity contribution in [2.75, 3.05) is 17.7 Å². The Hall–Kier alpha value is -1.82. The number of nitrogen functional groups attached to an aromatic ring is 1. The summed E-state index contributed by atoms with van der Waals surface area (Å²) in [6.07, 6.45) is 4.88. The van der Waals surface area contributed by atoms with Gasteiger partial charge in [0.1, 0.15) is 0 Å². The van der Waals surface area contributed by atoms with E-state index in [1.165, 1.54) is 7.11 Å². The van der Waals surface area contributed by atoms with Gasteiger partial charge in [0.15, 0.2) is 5.82 Å². The summed E-state index contributed by atoms with van der Waals surface area (Å²) in [5.41, 5.74) is 6.83. The van der Waals surface area contributed by atoms with Gasteiger partial charge in [0, 0.05) is 18.3 Å². The number of carbonyl (C=O) groups is 1. The first kappa shape index (κ1) is 13.2. The second-order valence-corrected chi connectivity index (χ2v) is 5.50. The number of piperidine rings is 1. The smallest absolute Gasteiger partial charge is 0.340 e. The fourth-order valence-corrected chi connectivity index (χ4v) is 3.45. The molecule has 1 aromatic heterocycles. The Balaban J connectivity index is 1.97. The minimum atomic E-state index is -0.449. The van der Waals surface area contributed by atoms with Crippen LogP contribution in [0, 0.1) is 0 Å². The fraction of sp³-hybridized carbons (Fsp3) is 0.571. The summed E-state index contributed by atoms with van der Waals surface area (Å²) in [7, 11) is 1.34. The lowest BCUT2D eigenvalue weighted by Crippen LogP contribution is -2.45. The van der Waals surface area contributed by atoms with Crippen molar-refractivity contribution in [3.63, 3.8) is 0 Å². The number of methoxy groups -OCH3 is 1. The molecule has 3 N–H and O–H groups in total.